The zero-order chi connectivity index (χ0) is 17.3. The molecule has 2 heterocycles. The molecule has 1 aliphatic heterocycles. The number of halogens is 1. The van der Waals surface area contributed by atoms with Gasteiger partial charge < -0.3 is 9.30 Å². The summed E-state index contributed by atoms with van der Waals surface area (Å²) < 4.78 is 48.6. The van der Waals surface area contributed by atoms with Crippen LogP contribution >= 0.6 is 0 Å². The standard InChI is InChI=1S/C16H20FN3O3S/c1-11-14(5-4-13(23-2)16(11)17)24(21,22)19-9-12-3-6-15-18-7-8-20(15)10-12/h4-5,7-8,12,19H,3,6,9-10H2,1-2H3/t12-/m1/s1. The molecule has 1 atom stereocenters. The number of nitrogens with zero attached hydrogens (tertiary/aromatic N) is 2. The van der Waals surface area contributed by atoms with E-state index in [2.05, 4.69) is 9.71 Å². The summed E-state index contributed by atoms with van der Waals surface area (Å²) in [4.78, 5) is 4.20. The maximum atomic E-state index is 14.1. The van der Waals surface area contributed by atoms with E-state index in [0.29, 0.717) is 6.54 Å². The van der Waals surface area contributed by atoms with Crippen molar-refractivity contribution in [2.24, 2.45) is 5.92 Å². The summed E-state index contributed by atoms with van der Waals surface area (Å²) >= 11 is 0. The van der Waals surface area contributed by atoms with E-state index in [4.69, 9.17) is 4.74 Å². The van der Waals surface area contributed by atoms with Crippen LogP contribution in [0.4, 0.5) is 4.39 Å². The first-order chi connectivity index (χ1) is 11.4. The predicted octanol–water partition coefficient (Wildman–Crippen LogP) is 1.88. The van der Waals surface area contributed by atoms with E-state index in [9.17, 15) is 12.8 Å². The molecule has 8 heteroatoms. The Kier molecular flexibility index (Phi) is 4.60. The molecule has 0 spiro atoms. The molecule has 0 bridgehead atoms. The SMILES string of the molecule is COc1ccc(S(=O)(=O)NC[C@H]2CCc3nccn3C2)c(C)c1F. The van der Waals surface area contributed by atoms with E-state index in [0.717, 1.165) is 25.2 Å². The minimum Gasteiger partial charge on any atom is -0.494 e. The Morgan fingerprint density at radius 2 is 2.25 bits per heavy atom. The molecule has 6 nitrogen and oxygen atoms in total. The van der Waals surface area contributed by atoms with Crippen molar-refractivity contribution in [3.05, 3.63) is 41.7 Å². The molecule has 0 saturated heterocycles. The number of benzene rings is 1. The number of hydrogen-bond acceptors (Lipinski definition) is 4. The van der Waals surface area contributed by atoms with Gasteiger partial charge in [0.1, 0.15) is 5.82 Å². The van der Waals surface area contributed by atoms with E-state index in [-0.39, 0.29) is 22.1 Å². The van der Waals surface area contributed by atoms with Gasteiger partial charge >= 0.3 is 0 Å². The summed E-state index contributed by atoms with van der Waals surface area (Å²) in [6.45, 7) is 2.48. The number of aromatic nitrogens is 2. The minimum absolute atomic E-state index is 0.0337. The zero-order valence-corrected chi connectivity index (χ0v) is 14.4. The first-order valence-corrected chi connectivity index (χ1v) is 9.23. The van der Waals surface area contributed by atoms with E-state index in [1.807, 2.05) is 10.8 Å². The molecule has 2 aromatic rings. The third-order valence-corrected chi connectivity index (χ3v) is 5.97. The molecule has 0 aliphatic carbocycles. The molecule has 0 saturated carbocycles. The molecule has 0 amide bonds. The lowest BCUT2D eigenvalue weighted by Crippen LogP contribution is -2.34. The molecule has 1 aromatic carbocycles. The number of fused-ring (bicyclic) bond motifs is 1. The summed E-state index contributed by atoms with van der Waals surface area (Å²) in [5, 5.41) is 0. The highest BCUT2D eigenvalue weighted by molar-refractivity contribution is 7.89. The van der Waals surface area contributed by atoms with Crippen LogP contribution in [0, 0.1) is 18.7 Å². The van der Waals surface area contributed by atoms with Crippen molar-refractivity contribution in [3.8, 4) is 5.75 Å². The number of imidazole rings is 1. The Morgan fingerprint density at radius 1 is 1.46 bits per heavy atom. The van der Waals surface area contributed by atoms with Crippen LogP contribution in [-0.4, -0.2) is 31.6 Å². The average Bonchev–Trinajstić information content (AvgIpc) is 3.03. The molecule has 0 radical (unpaired) electrons. The lowest BCUT2D eigenvalue weighted by Gasteiger charge is -2.24. The van der Waals surface area contributed by atoms with Gasteiger partial charge in [0.2, 0.25) is 10.0 Å². The summed E-state index contributed by atoms with van der Waals surface area (Å²) in [6, 6.07) is 2.70. The van der Waals surface area contributed by atoms with Crippen LogP contribution in [0.5, 0.6) is 5.75 Å². The van der Waals surface area contributed by atoms with Crippen LogP contribution in [0.1, 0.15) is 17.8 Å². The topological polar surface area (TPSA) is 73.2 Å². The molecule has 24 heavy (non-hydrogen) atoms. The first-order valence-electron chi connectivity index (χ1n) is 7.75. The average molecular weight is 353 g/mol. The summed E-state index contributed by atoms with van der Waals surface area (Å²) in [7, 11) is -2.43. The number of rotatable bonds is 5. The van der Waals surface area contributed by atoms with E-state index < -0.39 is 15.8 Å². The zero-order valence-electron chi connectivity index (χ0n) is 13.6. The fourth-order valence-electron chi connectivity index (χ4n) is 3.00. The third-order valence-electron chi connectivity index (χ3n) is 4.41. The van der Waals surface area contributed by atoms with E-state index in [1.165, 1.54) is 26.2 Å². The lowest BCUT2D eigenvalue weighted by atomic mass is 10.00. The van der Waals surface area contributed by atoms with Crippen molar-refractivity contribution in [1.29, 1.82) is 0 Å². The number of ether oxygens (including phenoxy) is 1. The van der Waals surface area contributed by atoms with E-state index >= 15 is 0 Å². The number of sulfonamides is 1. The molecule has 1 aromatic heterocycles. The Bertz CT molecular complexity index is 848. The Labute approximate surface area is 140 Å². The molecule has 0 fully saturated rings. The van der Waals surface area contributed by atoms with Gasteiger partial charge in [-0.25, -0.2) is 22.5 Å². The van der Waals surface area contributed by atoms with Crippen LogP contribution in [0.3, 0.4) is 0 Å². The number of nitrogens with one attached hydrogen (secondary N) is 1. The fraction of sp³-hybridized carbons (Fsp3) is 0.438. The van der Waals surface area contributed by atoms with Gasteiger partial charge in [-0.2, -0.15) is 0 Å². The van der Waals surface area contributed by atoms with Gasteiger partial charge in [-0.05, 0) is 31.4 Å². The summed E-state index contributed by atoms with van der Waals surface area (Å²) in [5.74, 6) is 0.597. The second-order valence-electron chi connectivity index (χ2n) is 5.96. The molecule has 130 valence electrons. The second kappa shape index (κ2) is 6.52. The monoisotopic (exact) mass is 353 g/mol. The van der Waals surface area contributed by atoms with Crippen molar-refractivity contribution < 1.29 is 17.5 Å². The third kappa shape index (κ3) is 3.16. The highest BCUT2D eigenvalue weighted by Crippen LogP contribution is 2.26. The van der Waals surface area contributed by atoms with Gasteiger partial charge in [0, 0.05) is 37.5 Å². The Hall–Kier alpha value is -1.93. The van der Waals surface area contributed by atoms with Crippen LogP contribution in [0.15, 0.2) is 29.4 Å². The highest BCUT2D eigenvalue weighted by Gasteiger charge is 2.24. The van der Waals surface area contributed by atoms with Crippen LogP contribution < -0.4 is 9.46 Å². The van der Waals surface area contributed by atoms with Gasteiger partial charge in [0.15, 0.2) is 11.6 Å². The number of aryl methyl sites for hydroxylation is 1. The van der Waals surface area contributed by atoms with Gasteiger partial charge in [-0.3, -0.25) is 0 Å². The fourth-order valence-corrected chi connectivity index (χ4v) is 4.35. The quantitative estimate of drug-likeness (QED) is 0.891. The van der Waals surface area contributed by atoms with E-state index in [1.54, 1.807) is 6.20 Å². The predicted molar refractivity (Wildman–Crippen MR) is 86.9 cm³/mol. The first kappa shape index (κ1) is 16.9. The van der Waals surface area contributed by atoms with Crippen LogP contribution in [0.2, 0.25) is 0 Å². The number of methoxy groups -OCH3 is 1. The Morgan fingerprint density at radius 3 is 3.00 bits per heavy atom. The van der Waals surface area contributed by atoms with Crippen molar-refractivity contribution in [1.82, 2.24) is 14.3 Å². The Balaban J connectivity index is 1.72. The van der Waals surface area contributed by atoms with Gasteiger partial charge in [0.25, 0.3) is 0 Å². The van der Waals surface area contributed by atoms with Crippen LogP contribution in [0.25, 0.3) is 0 Å². The molecule has 1 aliphatic rings. The molecule has 0 unspecified atom stereocenters. The smallest absolute Gasteiger partial charge is 0.240 e. The lowest BCUT2D eigenvalue weighted by molar-refractivity contribution is 0.363. The van der Waals surface area contributed by atoms with Crippen molar-refractivity contribution in [2.75, 3.05) is 13.7 Å². The summed E-state index contributed by atoms with van der Waals surface area (Å²) in [5.41, 5.74) is 0.0578. The molecular weight excluding hydrogens is 333 g/mol. The maximum absolute atomic E-state index is 14.1. The number of hydrogen-bond donors (Lipinski definition) is 1. The molecular formula is C16H20FN3O3S. The van der Waals surface area contributed by atoms with Crippen LogP contribution in [-0.2, 0) is 23.0 Å². The minimum atomic E-state index is -3.77. The van der Waals surface area contributed by atoms with Crippen molar-refractivity contribution in [3.63, 3.8) is 0 Å². The summed E-state index contributed by atoms with van der Waals surface area (Å²) in [6.07, 6.45) is 5.36. The van der Waals surface area contributed by atoms with Gasteiger partial charge in [0.05, 0.1) is 12.0 Å². The van der Waals surface area contributed by atoms with Gasteiger partial charge in [-0.15, -0.1) is 0 Å². The maximum Gasteiger partial charge on any atom is 0.240 e. The van der Waals surface area contributed by atoms with Crippen molar-refractivity contribution >= 4 is 10.0 Å². The molecule has 3 rings (SSSR count). The normalized spacial score (nSPS) is 17.5. The largest absolute Gasteiger partial charge is 0.494 e. The molecule has 1 N–H and O–H groups in total. The second-order valence-corrected chi connectivity index (χ2v) is 7.69. The highest BCUT2D eigenvalue weighted by atomic mass is 32.2. The van der Waals surface area contributed by atoms with Gasteiger partial charge in [-0.1, -0.05) is 0 Å². The van der Waals surface area contributed by atoms with Crippen molar-refractivity contribution in [2.45, 2.75) is 31.2 Å².